The highest BCUT2D eigenvalue weighted by Gasteiger charge is 2.21. The van der Waals surface area contributed by atoms with Crippen LogP contribution in [0, 0.1) is 0 Å². The van der Waals surface area contributed by atoms with Gasteiger partial charge in [-0.1, -0.05) is 0 Å². The van der Waals surface area contributed by atoms with Crippen LogP contribution in [0.25, 0.3) is 0 Å². The lowest BCUT2D eigenvalue weighted by molar-refractivity contribution is 0.0478. The number of carbonyl (C=O) groups excluding carboxylic acids is 1. The molecule has 3 N–H and O–H groups in total. The lowest BCUT2D eigenvalue weighted by atomic mass is 10.2. The molecular weight excluding hydrogens is 210 g/mol. The molecular formula is C10H17N3O3. The average Bonchev–Trinajstić information content (AvgIpc) is 2.63. The smallest absolute Gasteiger partial charge is 0.408 e. The molecule has 1 aromatic rings. The third-order valence-electron chi connectivity index (χ3n) is 1.72. The van der Waals surface area contributed by atoms with Crippen molar-refractivity contribution < 1.29 is 14.6 Å². The van der Waals surface area contributed by atoms with Crippen molar-refractivity contribution in [3.05, 3.63) is 18.2 Å². The molecule has 0 aliphatic heterocycles. The number of H-pyrrole nitrogens is 1. The fourth-order valence-electron chi connectivity index (χ4n) is 1.12. The summed E-state index contributed by atoms with van der Waals surface area (Å²) in [5, 5.41) is 11.6. The van der Waals surface area contributed by atoms with Crippen LogP contribution in [-0.2, 0) is 4.74 Å². The number of carbonyl (C=O) groups is 1. The molecule has 0 aliphatic rings. The molecule has 0 saturated carbocycles. The molecule has 90 valence electrons. The van der Waals surface area contributed by atoms with Gasteiger partial charge in [0.05, 0.1) is 6.61 Å². The van der Waals surface area contributed by atoms with Crippen molar-refractivity contribution in [1.29, 1.82) is 0 Å². The maximum Gasteiger partial charge on any atom is 0.408 e. The first kappa shape index (κ1) is 12.5. The number of imidazole rings is 1. The molecule has 6 heteroatoms. The van der Waals surface area contributed by atoms with E-state index in [0.29, 0.717) is 5.82 Å². The summed E-state index contributed by atoms with van der Waals surface area (Å²) in [5.41, 5.74) is -0.562. The van der Waals surface area contributed by atoms with Crippen LogP contribution < -0.4 is 5.32 Å². The highest BCUT2D eigenvalue weighted by Crippen LogP contribution is 2.10. The van der Waals surface area contributed by atoms with Crippen LogP contribution >= 0.6 is 0 Å². The number of aromatic nitrogens is 2. The van der Waals surface area contributed by atoms with Gasteiger partial charge in [-0.3, -0.25) is 0 Å². The van der Waals surface area contributed by atoms with Crippen LogP contribution in [-0.4, -0.2) is 33.4 Å². The zero-order valence-corrected chi connectivity index (χ0v) is 9.65. The quantitative estimate of drug-likeness (QED) is 0.718. The summed E-state index contributed by atoms with van der Waals surface area (Å²) in [6.07, 6.45) is 2.59. The molecule has 1 unspecified atom stereocenters. The van der Waals surface area contributed by atoms with Crippen molar-refractivity contribution in [3.63, 3.8) is 0 Å². The Morgan fingerprint density at radius 3 is 2.81 bits per heavy atom. The highest BCUT2D eigenvalue weighted by atomic mass is 16.6. The maximum absolute atomic E-state index is 11.4. The summed E-state index contributed by atoms with van der Waals surface area (Å²) in [4.78, 5) is 18.2. The lowest BCUT2D eigenvalue weighted by Gasteiger charge is -2.21. The van der Waals surface area contributed by atoms with Crippen molar-refractivity contribution >= 4 is 6.09 Å². The molecule has 1 heterocycles. The van der Waals surface area contributed by atoms with E-state index in [1.807, 2.05) is 0 Å². The van der Waals surface area contributed by atoms with Gasteiger partial charge in [0.2, 0.25) is 0 Å². The van der Waals surface area contributed by atoms with Gasteiger partial charge in [-0.25, -0.2) is 9.78 Å². The molecule has 0 aromatic carbocycles. The minimum absolute atomic E-state index is 0.243. The second-order valence-corrected chi connectivity index (χ2v) is 4.36. The van der Waals surface area contributed by atoms with Crippen LogP contribution in [0.1, 0.15) is 32.6 Å². The maximum atomic E-state index is 11.4. The van der Waals surface area contributed by atoms with Crippen molar-refractivity contribution in [3.8, 4) is 0 Å². The van der Waals surface area contributed by atoms with E-state index < -0.39 is 17.7 Å². The van der Waals surface area contributed by atoms with Gasteiger partial charge in [0.15, 0.2) is 0 Å². The molecule has 1 rings (SSSR count). The zero-order chi connectivity index (χ0) is 12.2. The minimum Gasteiger partial charge on any atom is -0.444 e. The molecule has 6 nitrogen and oxygen atoms in total. The number of ether oxygens (including phenoxy) is 1. The first-order valence-corrected chi connectivity index (χ1v) is 5.02. The number of aliphatic hydroxyl groups is 1. The van der Waals surface area contributed by atoms with Crippen LogP contribution in [0.2, 0.25) is 0 Å². The van der Waals surface area contributed by atoms with Gasteiger partial charge in [0.25, 0.3) is 0 Å². The largest absolute Gasteiger partial charge is 0.444 e. The highest BCUT2D eigenvalue weighted by molar-refractivity contribution is 5.68. The number of aromatic amines is 1. The van der Waals surface area contributed by atoms with Gasteiger partial charge in [-0.05, 0) is 20.8 Å². The number of aliphatic hydroxyl groups excluding tert-OH is 1. The molecule has 16 heavy (non-hydrogen) atoms. The Morgan fingerprint density at radius 2 is 2.38 bits per heavy atom. The Kier molecular flexibility index (Phi) is 3.89. The average molecular weight is 227 g/mol. The van der Waals surface area contributed by atoms with Crippen LogP contribution in [0.4, 0.5) is 4.79 Å². The van der Waals surface area contributed by atoms with E-state index >= 15 is 0 Å². The molecule has 0 radical (unpaired) electrons. The van der Waals surface area contributed by atoms with Crippen molar-refractivity contribution in [2.45, 2.75) is 32.4 Å². The number of nitrogens with zero attached hydrogens (tertiary/aromatic N) is 1. The Hall–Kier alpha value is -1.56. The van der Waals surface area contributed by atoms with Crippen molar-refractivity contribution in [1.82, 2.24) is 15.3 Å². The van der Waals surface area contributed by atoms with E-state index in [0.717, 1.165) is 0 Å². The summed E-state index contributed by atoms with van der Waals surface area (Å²) >= 11 is 0. The Balaban J connectivity index is 2.55. The van der Waals surface area contributed by atoms with E-state index in [2.05, 4.69) is 15.3 Å². The summed E-state index contributed by atoms with van der Waals surface area (Å²) in [6, 6.07) is -0.579. The van der Waals surface area contributed by atoms with Crippen molar-refractivity contribution in [2.75, 3.05) is 6.61 Å². The first-order valence-electron chi connectivity index (χ1n) is 5.02. The molecule has 1 amide bonds. The minimum atomic E-state index is -0.581. The second-order valence-electron chi connectivity index (χ2n) is 4.36. The molecule has 1 aromatic heterocycles. The Bertz CT molecular complexity index is 330. The van der Waals surface area contributed by atoms with E-state index in [1.165, 1.54) is 0 Å². The number of amides is 1. The number of hydrogen-bond acceptors (Lipinski definition) is 4. The van der Waals surface area contributed by atoms with E-state index in [-0.39, 0.29) is 6.61 Å². The SMILES string of the molecule is CC(C)(C)OC(=O)NC(CO)c1ncc[nH]1. The van der Waals surface area contributed by atoms with Crippen LogP contribution in [0.3, 0.4) is 0 Å². The molecule has 0 saturated heterocycles. The van der Waals surface area contributed by atoms with E-state index in [9.17, 15) is 4.79 Å². The standard InChI is InChI=1S/C10H17N3O3/c1-10(2,3)16-9(15)13-7(6-14)8-11-4-5-12-8/h4-5,7,14H,6H2,1-3H3,(H,11,12)(H,13,15). The van der Waals surface area contributed by atoms with Gasteiger partial charge < -0.3 is 20.1 Å². The van der Waals surface area contributed by atoms with Gasteiger partial charge in [-0.2, -0.15) is 0 Å². The molecule has 0 aliphatic carbocycles. The fraction of sp³-hybridized carbons (Fsp3) is 0.600. The summed E-state index contributed by atoms with van der Waals surface area (Å²) in [5.74, 6) is 0.494. The number of nitrogens with one attached hydrogen (secondary N) is 2. The predicted molar refractivity (Wildman–Crippen MR) is 57.8 cm³/mol. The summed E-state index contributed by atoms with van der Waals surface area (Å²) in [7, 11) is 0. The fourth-order valence-corrected chi connectivity index (χ4v) is 1.12. The normalized spacial score (nSPS) is 13.2. The topological polar surface area (TPSA) is 87.2 Å². The third kappa shape index (κ3) is 3.90. The van der Waals surface area contributed by atoms with Crippen molar-refractivity contribution in [2.24, 2.45) is 0 Å². The van der Waals surface area contributed by atoms with Crippen LogP contribution in [0.5, 0.6) is 0 Å². The summed E-state index contributed by atoms with van der Waals surface area (Å²) < 4.78 is 5.07. The van der Waals surface area contributed by atoms with E-state index in [4.69, 9.17) is 9.84 Å². The Morgan fingerprint density at radius 1 is 1.69 bits per heavy atom. The second kappa shape index (κ2) is 4.98. The van der Waals surface area contributed by atoms with Gasteiger partial charge in [0.1, 0.15) is 17.5 Å². The lowest BCUT2D eigenvalue weighted by Crippen LogP contribution is -2.36. The predicted octanol–water partition coefficient (Wildman–Crippen LogP) is 0.968. The first-order chi connectivity index (χ1) is 7.42. The number of hydrogen-bond donors (Lipinski definition) is 3. The van der Waals surface area contributed by atoms with E-state index in [1.54, 1.807) is 33.2 Å². The molecule has 0 bridgehead atoms. The third-order valence-corrected chi connectivity index (χ3v) is 1.72. The molecule has 1 atom stereocenters. The summed E-state index contributed by atoms with van der Waals surface area (Å²) in [6.45, 7) is 5.07. The number of rotatable bonds is 3. The Labute approximate surface area is 94.0 Å². The van der Waals surface area contributed by atoms with Crippen LogP contribution in [0.15, 0.2) is 12.4 Å². The number of alkyl carbamates (subject to hydrolysis) is 1. The van der Waals surface area contributed by atoms with Gasteiger partial charge in [0, 0.05) is 12.4 Å². The monoisotopic (exact) mass is 227 g/mol. The molecule has 0 spiro atoms. The van der Waals surface area contributed by atoms with Gasteiger partial charge in [-0.15, -0.1) is 0 Å². The zero-order valence-electron chi connectivity index (χ0n) is 9.65. The molecule has 0 fully saturated rings. The van der Waals surface area contributed by atoms with Gasteiger partial charge >= 0.3 is 6.09 Å².